The summed E-state index contributed by atoms with van der Waals surface area (Å²) in [7, 11) is 0. The summed E-state index contributed by atoms with van der Waals surface area (Å²) in [6.45, 7) is 0.370. The van der Waals surface area contributed by atoms with Crippen molar-refractivity contribution >= 4 is 61.8 Å². The van der Waals surface area contributed by atoms with Gasteiger partial charge in [0, 0.05) is 27.6 Å². The minimum Gasteiger partial charge on any atom is -0.486 e. The number of carbonyl (C=O) groups is 1. The molecule has 0 unspecified atom stereocenters. The highest BCUT2D eigenvalue weighted by atomic mass is 35.5. The summed E-state index contributed by atoms with van der Waals surface area (Å²) in [4.78, 5) is 20.3. The van der Waals surface area contributed by atoms with Crippen molar-refractivity contribution in [3.63, 3.8) is 0 Å². The number of thiophene rings is 1. The van der Waals surface area contributed by atoms with Gasteiger partial charge in [-0.15, -0.1) is 22.7 Å². The van der Waals surface area contributed by atoms with E-state index in [1.54, 1.807) is 16.8 Å². The van der Waals surface area contributed by atoms with Crippen molar-refractivity contribution in [3.05, 3.63) is 63.0 Å². The zero-order valence-corrected chi connectivity index (χ0v) is 19.1. The largest absolute Gasteiger partial charge is 0.486 e. The quantitative estimate of drug-likeness (QED) is 0.376. The Hall–Kier alpha value is -3.12. The zero-order chi connectivity index (χ0) is 21.9. The van der Waals surface area contributed by atoms with Gasteiger partial charge in [0.2, 0.25) is 5.91 Å². The predicted octanol–water partition coefficient (Wildman–Crippen LogP) is 5.36. The van der Waals surface area contributed by atoms with Crippen molar-refractivity contribution in [2.45, 2.75) is 25.5 Å². The molecule has 1 aliphatic heterocycles. The van der Waals surface area contributed by atoms with E-state index in [9.17, 15) is 4.79 Å². The van der Waals surface area contributed by atoms with Crippen LogP contribution in [0.15, 0.2) is 46.6 Å². The fraction of sp³-hybridized carbons (Fsp3) is 0.174. The molecule has 9 heteroatoms. The fourth-order valence-electron chi connectivity index (χ4n) is 3.30. The third-order valence-corrected chi connectivity index (χ3v) is 6.67. The summed E-state index contributed by atoms with van der Waals surface area (Å²) >= 11 is 9.59. The molecule has 3 aromatic heterocycles. The molecular formula is C23H17ClN4O2S2. The Morgan fingerprint density at radius 2 is 2.25 bits per heavy atom. The second-order valence-corrected chi connectivity index (χ2v) is 9.23. The molecule has 0 bridgehead atoms. The van der Waals surface area contributed by atoms with Gasteiger partial charge in [0.1, 0.15) is 23.9 Å². The Morgan fingerprint density at radius 1 is 1.31 bits per heavy atom. The number of ether oxygens (including phenoxy) is 1. The summed E-state index contributed by atoms with van der Waals surface area (Å²) < 4.78 is 6.85. The van der Waals surface area contributed by atoms with Gasteiger partial charge in [0.25, 0.3) is 0 Å². The molecule has 4 aromatic rings. The van der Waals surface area contributed by atoms with E-state index < -0.39 is 0 Å². The van der Waals surface area contributed by atoms with Gasteiger partial charge >= 0.3 is 0 Å². The van der Waals surface area contributed by atoms with Crippen LogP contribution in [0.25, 0.3) is 10.1 Å². The van der Waals surface area contributed by atoms with Crippen molar-refractivity contribution in [2.75, 3.05) is 5.32 Å². The molecule has 1 amide bonds. The molecule has 0 radical (unpaired) electrons. The summed E-state index contributed by atoms with van der Waals surface area (Å²) in [5.74, 6) is 7.56. The maximum Gasteiger partial charge on any atom is 0.221 e. The van der Waals surface area contributed by atoms with Gasteiger partial charge in [0.05, 0.1) is 22.3 Å². The van der Waals surface area contributed by atoms with Crippen molar-refractivity contribution in [3.8, 4) is 17.6 Å². The first-order valence-corrected chi connectivity index (χ1v) is 12.1. The maximum atomic E-state index is 11.4. The molecule has 6 nitrogen and oxygen atoms in total. The lowest BCUT2D eigenvalue weighted by molar-refractivity contribution is -0.119. The second kappa shape index (κ2) is 9.17. The Bertz CT molecular complexity index is 1340. The smallest absolute Gasteiger partial charge is 0.221 e. The monoisotopic (exact) mass is 480 g/mol. The number of pyridine rings is 1. The third kappa shape index (κ3) is 4.70. The summed E-state index contributed by atoms with van der Waals surface area (Å²) in [6.07, 6.45) is 1.25. The molecule has 4 heterocycles. The van der Waals surface area contributed by atoms with Gasteiger partial charge in [-0.3, -0.25) is 4.79 Å². The summed E-state index contributed by atoms with van der Waals surface area (Å²) in [5.41, 5.74) is 4.09. The molecule has 32 heavy (non-hydrogen) atoms. The third-order valence-electron chi connectivity index (χ3n) is 4.87. The normalized spacial score (nSPS) is 15.3. The number of rotatable bonds is 5. The molecule has 1 fully saturated rings. The Balaban J connectivity index is 1.36. The Labute approximate surface area is 197 Å². The molecule has 0 spiro atoms. The van der Waals surface area contributed by atoms with Crippen LogP contribution in [0.1, 0.15) is 24.2 Å². The van der Waals surface area contributed by atoms with E-state index in [1.807, 2.05) is 41.1 Å². The number of nitrogens with one attached hydrogen (secondary N) is 2. The van der Waals surface area contributed by atoms with Crippen molar-refractivity contribution in [1.82, 2.24) is 15.3 Å². The first-order valence-electron chi connectivity index (χ1n) is 9.89. The van der Waals surface area contributed by atoms with Gasteiger partial charge in [-0.2, -0.15) is 0 Å². The first-order chi connectivity index (χ1) is 15.6. The fourth-order valence-corrected chi connectivity index (χ4v) is 4.90. The molecule has 5 rings (SSSR count). The summed E-state index contributed by atoms with van der Waals surface area (Å²) in [5, 5.41) is 11.7. The highest BCUT2D eigenvalue weighted by molar-refractivity contribution is 7.17. The Morgan fingerprint density at radius 3 is 3.03 bits per heavy atom. The van der Waals surface area contributed by atoms with Crippen LogP contribution in [0.4, 0.5) is 11.5 Å². The van der Waals surface area contributed by atoms with E-state index in [0.717, 1.165) is 27.9 Å². The highest BCUT2D eigenvalue weighted by Crippen LogP contribution is 2.33. The minimum absolute atomic E-state index is 0.0456. The van der Waals surface area contributed by atoms with Crippen molar-refractivity contribution in [1.29, 1.82) is 0 Å². The standard InChI is InChI=1S/C23H17ClN4O2S2/c24-19-9-15(3-5-20(19)30-11-17-12-31-13-25-17)27-23-18-7-8-32-21(18)10-16(28-23)2-1-14-4-6-22(29)26-14/h3,5,7-10,12-14H,4,6,11H2,(H,26,29)(H,27,28)/t14-/m1/s1. The number of hydrogen-bond acceptors (Lipinski definition) is 7. The van der Waals surface area contributed by atoms with Crippen LogP contribution in [0.2, 0.25) is 5.02 Å². The van der Waals surface area contributed by atoms with Crippen LogP contribution in [-0.4, -0.2) is 21.9 Å². The van der Waals surface area contributed by atoms with Crippen LogP contribution in [0.5, 0.6) is 5.75 Å². The van der Waals surface area contributed by atoms with Gasteiger partial charge in [-0.25, -0.2) is 9.97 Å². The highest BCUT2D eigenvalue weighted by Gasteiger charge is 2.18. The lowest BCUT2D eigenvalue weighted by Gasteiger charge is -2.11. The number of anilines is 2. The zero-order valence-electron chi connectivity index (χ0n) is 16.7. The summed E-state index contributed by atoms with van der Waals surface area (Å²) in [6, 6.07) is 9.41. The lowest BCUT2D eigenvalue weighted by Crippen LogP contribution is -2.23. The second-order valence-electron chi connectivity index (χ2n) is 7.16. The lowest BCUT2D eigenvalue weighted by atomic mass is 10.2. The average molecular weight is 481 g/mol. The van der Waals surface area contributed by atoms with Gasteiger partial charge < -0.3 is 15.4 Å². The number of benzene rings is 1. The minimum atomic E-state index is -0.115. The number of aromatic nitrogens is 2. The maximum absolute atomic E-state index is 11.4. The number of hydrogen-bond donors (Lipinski definition) is 2. The Kier molecular flexibility index (Phi) is 5.95. The van der Waals surface area contributed by atoms with Crippen molar-refractivity contribution < 1.29 is 9.53 Å². The van der Waals surface area contributed by atoms with E-state index in [0.29, 0.717) is 35.3 Å². The number of thiazole rings is 1. The van der Waals surface area contributed by atoms with E-state index in [2.05, 4.69) is 27.5 Å². The molecular weight excluding hydrogens is 464 g/mol. The van der Waals surface area contributed by atoms with Gasteiger partial charge in [-0.1, -0.05) is 17.5 Å². The first kappa shape index (κ1) is 20.8. The molecule has 1 saturated heterocycles. The number of halogens is 1. The van der Waals surface area contributed by atoms with Gasteiger partial charge in [0.15, 0.2) is 0 Å². The van der Waals surface area contributed by atoms with E-state index in [-0.39, 0.29) is 11.9 Å². The van der Waals surface area contributed by atoms with Crippen LogP contribution < -0.4 is 15.4 Å². The molecule has 160 valence electrons. The molecule has 1 atom stereocenters. The molecule has 0 saturated carbocycles. The van der Waals surface area contributed by atoms with Crippen LogP contribution in [-0.2, 0) is 11.4 Å². The predicted molar refractivity (Wildman–Crippen MR) is 129 cm³/mol. The van der Waals surface area contributed by atoms with Crippen LogP contribution >= 0.6 is 34.3 Å². The van der Waals surface area contributed by atoms with E-state index >= 15 is 0 Å². The number of nitrogens with zero attached hydrogens (tertiary/aromatic N) is 2. The number of carbonyl (C=O) groups excluding carboxylic acids is 1. The molecule has 0 aliphatic carbocycles. The molecule has 1 aromatic carbocycles. The number of amides is 1. The van der Waals surface area contributed by atoms with Crippen LogP contribution in [0.3, 0.4) is 0 Å². The topological polar surface area (TPSA) is 76.1 Å². The van der Waals surface area contributed by atoms with Gasteiger partial charge in [-0.05, 0) is 48.1 Å². The SMILES string of the molecule is O=C1CC[C@@H](C#Cc2cc3sccc3c(Nc3ccc(OCc4cscn4)c(Cl)c3)n2)N1. The molecule has 2 N–H and O–H groups in total. The number of fused-ring (bicyclic) bond motifs is 1. The average Bonchev–Trinajstić information content (AvgIpc) is 3.54. The van der Waals surface area contributed by atoms with E-state index in [1.165, 1.54) is 11.3 Å². The van der Waals surface area contributed by atoms with Crippen molar-refractivity contribution in [2.24, 2.45) is 0 Å². The van der Waals surface area contributed by atoms with E-state index in [4.69, 9.17) is 21.3 Å². The van der Waals surface area contributed by atoms with Crippen LogP contribution in [0, 0.1) is 11.8 Å². The molecule has 1 aliphatic rings.